The predicted molar refractivity (Wildman–Crippen MR) is 119 cm³/mol. The molecule has 1 aliphatic carbocycles. The Hall–Kier alpha value is -3.41. The third kappa shape index (κ3) is 4.13. The second-order valence-electron chi connectivity index (χ2n) is 8.46. The average molecular weight is 402 g/mol. The molecule has 1 aliphatic rings. The molecule has 6 nitrogen and oxygen atoms in total. The largest absolute Gasteiger partial charge is 0.497 e. The molecular formula is C24H26N4O2. The van der Waals surface area contributed by atoms with Gasteiger partial charge in [-0.1, -0.05) is 38.1 Å². The highest BCUT2D eigenvalue weighted by Crippen LogP contribution is 2.38. The maximum absolute atomic E-state index is 13.0. The number of aromatic nitrogens is 2. The van der Waals surface area contributed by atoms with Gasteiger partial charge in [0.15, 0.2) is 5.78 Å². The Balaban J connectivity index is 1.78. The van der Waals surface area contributed by atoms with Gasteiger partial charge in [-0.25, -0.2) is 4.98 Å². The number of fused-ring (bicyclic) bond motifs is 1. The van der Waals surface area contributed by atoms with Gasteiger partial charge in [0.05, 0.1) is 18.4 Å². The maximum atomic E-state index is 13.0. The standard InChI is InChI=1S/C24H26N4O2/c1-15-8-5-6-11-18(15)26-22-21-19(13-24(2,3)14-20(21)29)27-23(28-22)25-16-9-7-10-17(12-16)30-4/h5-12H,13-14H2,1-4H3,(H2,25,26,27,28). The van der Waals surface area contributed by atoms with Gasteiger partial charge in [0.1, 0.15) is 11.6 Å². The molecule has 154 valence electrons. The van der Waals surface area contributed by atoms with Gasteiger partial charge in [0.25, 0.3) is 0 Å². The Bertz CT molecular complexity index is 1110. The minimum absolute atomic E-state index is 0.0743. The molecule has 0 saturated carbocycles. The monoisotopic (exact) mass is 402 g/mol. The van der Waals surface area contributed by atoms with Crippen LogP contribution >= 0.6 is 0 Å². The van der Waals surface area contributed by atoms with E-state index in [9.17, 15) is 4.79 Å². The molecule has 0 atom stereocenters. The molecule has 0 fully saturated rings. The molecule has 2 aromatic carbocycles. The van der Waals surface area contributed by atoms with Crippen LogP contribution in [0.25, 0.3) is 0 Å². The molecule has 1 aromatic heterocycles. The Morgan fingerprint density at radius 1 is 1.00 bits per heavy atom. The number of hydrogen-bond acceptors (Lipinski definition) is 6. The Labute approximate surface area is 176 Å². The van der Waals surface area contributed by atoms with Crippen LogP contribution in [-0.4, -0.2) is 22.9 Å². The van der Waals surface area contributed by atoms with Gasteiger partial charge in [0, 0.05) is 23.9 Å². The van der Waals surface area contributed by atoms with Crippen molar-refractivity contribution in [3.63, 3.8) is 0 Å². The fourth-order valence-corrected chi connectivity index (χ4v) is 3.78. The topological polar surface area (TPSA) is 76.1 Å². The molecule has 3 aromatic rings. The van der Waals surface area contributed by atoms with E-state index in [1.54, 1.807) is 7.11 Å². The number of aryl methyl sites for hydroxylation is 1. The van der Waals surface area contributed by atoms with Crippen molar-refractivity contribution in [1.29, 1.82) is 0 Å². The molecule has 2 N–H and O–H groups in total. The van der Waals surface area contributed by atoms with Crippen LogP contribution in [0.1, 0.15) is 41.9 Å². The molecule has 0 aliphatic heterocycles. The predicted octanol–water partition coefficient (Wildman–Crippen LogP) is 5.44. The van der Waals surface area contributed by atoms with Crippen molar-refractivity contribution in [2.24, 2.45) is 5.41 Å². The molecule has 0 saturated heterocycles. The number of methoxy groups -OCH3 is 1. The smallest absolute Gasteiger partial charge is 0.229 e. The molecule has 0 spiro atoms. The van der Waals surface area contributed by atoms with Crippen LogP contribution in [0.3, 0.4) is 0 Å². The van der Waals surface area contributed by atoms with Crippen molar-refractivity contribution in [1.82, 2.24) is 9.97 Å². The van der Waals surface area contributed by atoms with E-state index in [2.05, 4.69) is 29.5 Å². The number of carbonyl (C=O) groups excluding carboxylic acids is 1. The molecule has 0 bridgehead atoms. The van der Waals surface area contributed by atoms with Crippen molar-refractivity contribution < 1.29 is 9.53 Å². The summed E-state index contributed by atoms with van der Waals surface area (Å²) in [5.41, 5.74) is 4.05. The number of ether oxygens (including phenoxy) is 1. The highest BCUT2D eigenvalue weighted by molar-refractivity contribution is 6.03. The molecule has 30 heavy (non-hydrogen) atoms. The quantitative estimate of drug-likeness (QED) is 0.592. The van der Waals surface area contributed by atoms with Crippen LogP contribution in [0.2, 0.25) is 0 Å². The number of rotatable bonds is 5. The Morgan fingerprint density at radius 2 is 1.80 bits per heavy atom. The zero-order chi connectivity index (χ0) is 21.3. The lowest BCUT2D eigenvalue weighted by Gasteiger charge is -2.30. The zero-order valence-corrected chi connectivity index (χ0v) is 17.7. The lowest BCUT2D eigenvalue weighted by Crippen LogP contribution is -2.29. The molecule has 0 radical (unpaired) electrons. The summed E-state index contributed by atoms with van der Waals surface area (Å²) in [4.78, 5) is 22.4. The minimum atomic E-state index is -0.133. The van der Waals surface area contributed by atoms with Gasteiger partial charge < -0.3 is 15.4 Å². The van der Waals surface area contributed by atoms with E-state index in [1.807, 2.05) is 55.5 Å². The summed E-state index contributed by atoms with van der Waals surface area (Å²) in [5, 5.41) is 6.63. The number of nitrogens with zero attached hydrogens (tertiary/aromatic N) is 2. The third-order valence-corrected chi connectivity index (χ3v) is 5.27. The molecule has 1 heterocycles. The Morgan fingerprint density at radius 3 is 2.57 bits per heavy atom. The van der Waals surface area contributed by atoms with E-state index in [1.165, 1.54) is 0 Å². The number of ketones is 1. The molecular weight excluding hydrogens is 376 g/mol. The van der Waals surface area contributed by atoms with Crippen LogP contribution in [0.4, 0.5) is 23.1 Å². The average Bonchev–Trinajstić information content (AvgIpc) is 2.68. The highest BCUT2D eigenvalue weighted by Gasteiger charge is 2.35. The van der Waals surface area contributed by atoms with Crippen molar-refractivity contribution in [2.45, 2.75) is 33.6 Å². The molecule has 4 rings (SSSR count). The second-order valence-corrected chi connectivity index (χ2v) is 8.46. The van der Waals surface area contributed by atoms with E-state index >= 15 is 0 Å². The van der Waals surface area contributed by atoms with Crippen LogP contribution in [0.15, 0.2) is 48.5 Å². The van der Waals surface area contributed by atoms with Crippen LogP contribution in [0.5, 0.6) is 5.75 Å². The number of anilines is 4. The normalized spacial score (nSPS) is 14.7. The van der Waals surface area contributed by atoms with Gasteiger partial charge in [-0.2, -0.15) is 4.98 Å². The van der Waals surface area contributed by atoms with E-state index < -0.39 is 0 Å². The van der Waals surface area contributed by atoms with Gasteiger partial charge in [-0.05, 0) is 42.5 Å². The van der Waals surface area contributed by atoms with Gasteiger partial charge >= 0.3 is 0 Å². The first-order valence-electron chi connectivity index (χ1n) is 10.0. The fourth-order valence-electron chi connectivity index (χ4n) is 3.78. The Kier molecular flexibility index (Phi) is 5.16. The highest BCUT2D eigenvalue weighted by atomic mass is 16.5. The van der Waals surface area contributed by atoms with Crippen molar-refractivity contribution >= 4 is 28.9 Å². The first kappa shape index (κ1) is 19.9. The summed E-state index contributed by atoms with van der Waals surface area (Å²) in [6.07, 6.45) is 1.19. The molecule has 0 amide bonds. The van der Waals surface area contributed by atoms with Gasteiger partial charge in [0.2, 0.25) is 5.95 Å². The van der Waals surface area contributed by atoms with Gasteiger partial charge in [-0.3, -0.25) is 4.79 Å². The SMILES string of the molecule is COc1cccc(Nc2nc3c(c(Nc4ccccc4C)n2)C(=O)CC(C)(C)C3)c1. The zero-order valence-electron chi connectivity index (χ0n) is 17.7. The minimum Gasteiger partial charge on any atom is -0.497 e. The lowest BCUT2D eigenvalue weighted by atomic mass is 9.75. The summed E-state index contributed by atoms with van der Waals surface area (Å²) in [6, 6.07) is 15.5. The van der Waals surface area contributed by atoms with Crippen molar-refractivity contribution in [3.8, 4) is 5.75 Å². The van der Waals surface area contributed by atoms with E-state index in [4.69, 9.17) is 9.72 Å². The van der Waals surface area contributed by atoms with Crippen LogP contribution in [-0.2, 0) is 6.42 Å². The summed E-state index contributed by atoms with van der Waals surface area (Å²) in [7, 11) is 1.63. The summed E-state index contributed by atoms with van der Waals surface area (Å²) in [6.45, 7) is 6.22. The summed E-state index contributed by atoms with van der Waals surface area (Å²) < 4.78 is 5.30. The van der Waals surface area contributed by atoms with Crippen molar-refractivity contribution in [2.75, 3.05) is 17.7 Å². The second kappa shape index (κ2) is 7.78. The number of hydrogen-bond donors (Lipinski definition) is 2. The molecule has 6 heteroatoms. The van der Waals surface area contributed by atoms with Crippen LogP contribution in [0, 0.1) is 12.3 Å². The fraction of sp³-hybridized carbons (Fsp3) is 0.292. The third-order valence-electron chi connectivity index (χ3n) is 5.27. The van der Waals surface area contributed by atoms with E-state index in [0.717, 1.165) is 28.4 Å². The number of Topliss-reactive ketones (excluding diaryl/α,β-unsaturated/α-hetero) is 1. The summed E-state index contributed by atoms with van der Waals surface area (Å²) >= 11 is 0. The number of para-hydroxylation sites is 1. The van der Waals surface area contributed by atoms with Gasteiger partial charge in [-0.15, -0.1) is 0 Å². The van der Waals surface area contributed by atoms with Crippen molar-refractivity contribution in [3.05, 3.63) is 65.4 Å². The molecule has 0 unspecified atom stereocenters. The summed E-state index contributed by atoms with van der Waals surface area (Å²) in [5.74, 6) is 1.81. The lowest BCUT2D eigenvalue weighted by molar-refractivity contribution is 0.0911. The first-order valence-corrected chi connectivity index (χ1v) is 10.0. The van der Waals surface area contributed by atoms with E-state index in [0.29, 0.717) is 30.2 Å². The maximum Gasteiger partial charge on any atom is 0.229 e. The van der Waals surface area contributed by atoms with Crippen LogP contribution < -0.4 is 15.4 Å². The number of nitrogens with one attached hydrogen (secondary N) is 2. The number of carbonyl (C=O) groups is 1. The van der Waals surface area contributed by atoms with E-state index in [-0.39, 0.29) is 11.2 Å². The number of benzene rings is 2. The first-order chi connectivity index (χ1) is 14.3.